The summed E-state index contributed by atoms with van der Waals surface area (Å²) in [6, 6.07) is 24.4. The molecule has 0 spiro atoms. The number of rotatable bonds is 3. The van der Waals surface area contributed by atoms with E-state index < -0.39 is 23.3 Å². The summed E-state index contributed by atoms with van der Waals surface area (Å²) in [4.78, 5) is 13.3. The third kappa shape index (κ3) is 9.16. The van der Waals surface area contributed by atoms with Crippen LogP contribution in [0.15, 0.2) is 91.4 Å². The predicted molar refractivity (Wildman–Crippen MR) is 141 cm³/mol. The van der Waals surface area contributed by atoms with Crippen LogP contribution in [0, 0.1) is 46.7 Å². The van der Waals surface area contributed by atoms with Gasteiger partial charge in [0.1, 0.15) is 11.8 Å². The molecule has 0 saturated heterocycles. The number of hydrogen-bond acceptors (Lipinski definition) is 6. The van der Waals surface area contributed by atoms with Crippen molar-refractivity contribution in [3.8, 4) is 40.1 Å². The summed E-state index contributed by atoms with van der Waals surface area (Å²) >= 11 is 0. The third-order valence-electron chi connectivity index (χ3n) is 5.19. The molecular formula is C30H18F4IrN8+. The zero-order valence-electron chi connectivity index (χ0n) is 22.1. The van der Waals surface area contributed by atoms with Crippen LogP contribution < -0.4 is 9.90 Å². The Morgan fingerprint density at radius 2 is 1.33 bits per heavy atom. The van der Waals surface area contributed by atoms with Gasteiger partial charge in [0.25, 0.3) is 0 Å². The minimum Gasteiger partial charge on any atom is -0.305 e. The van der Waals surface area contributed by atoms with E-state index >= 15 is 0 Å². The molecule has 6 rings (SSSR count). The zero-order chi connectivity index (χ0) is 29.9. The van der Waals surface area contributed by atoms with Gasteiger partial charge in [-0.05, 0) is 40.9 Å². The van der Waals surface area contributed by atoms with Crippen LogP contribution in [0.3, 0.4) is 0 Å². The molecular weight excluding hydrogens is 741 g/mol. The van der Waals surface area contributed by atoms with E-state index in [2.05, 4.69) is 42.5 Å². The summed E-state index contributed by atoms with van der Waals surface area (Å²) < 4.78 is 51.6. The Labute approximate surface area is 257 Å². The van der Waals surface area contributed by atoms with E-state index in [1.54, 1.807) is 68.0 Å². The van der Waals surface area contributed by atoms with Gasteiger partial charge in [-0.15, -0.1) is 34.5 Å². The van der Waals surface area contributed by atoms with Crippen molar-refractivity contribution in [1.29, 1.82) is 5.26 Å². The molecule has 0 fully saturated rings. The summed E-state index contributed by atoms with van der Waals surface area (Å²) in [6.07, 6.45) is 4.57. The average Bonchev–Trinajstić information content (AvgIpc) is 3.45. The maximum Gasteiger partial charge on any atom is 3.00 e. The molecule has 0 saturated carbocycles. The first kappa shape index (κ1) is 32.3. The van der Waals surface area contributed by atoms with E-state index in [-0.39, 0.29) is 31.2 Å². The van der Waals surface area contributed by atoms with E-state index in [9.17, 15) is 17.6 Å². The Balaban J connectivity index is 0.000000175. The maximum absolute atomic E-state index is 13.2. The predicted octanol–water partition coefficient (Wildman–Crippen LogP) is 4.84. The number of hydrogen-bond donors (Lipinski definition) is 0. The Bertz CT molecular complexity index is 1710. The van der Waals surface area contributed by atoms with Gasteiger partial charge in [0.2, 0.25) is 5.82 Å². The van der Waals surface area contributed by atoms with Gasteiger partial charge >= 0.3 is 20.1 Å². The zero-order valence-corrected chi connectivity index (χ0v) is 24.5. The van der Waals surface area contributed by atoms with Crippen LogP contribution in [0.1, 0.15) is 5.56 Å². The summed E-state index contributed by atoms with van der Waals surface area (Å²) in [5.41, 5.74) is 2.39. The smallest absolute Gasteiger partial charge is 0.305 e. The quantitative estimate of drug-likeness (QED) is 0.145. The molecule has 0 unspecified atom stereocenters. The van der Waals surface area contributed by atoms with E-state index in [0.717, 1.165) is 24.3 Å². The monoisotopic (exact) mass is 759 g/mol. The van der Waals surface area contributed by atoms with E-state index in [1.165, 1.54) is 11.0 Å². The van der Waals surface area contributed by atoms with Crippen molar-refractivity contribution >= 4 is 0 Å². The fourth-order valence-corrected chi connectivity index (χ4v) is 3.28. The van der Waals surface area contributed by atoms with Crippen molar-refractivity contribution in [2.45, 2.75) is 0 Å². The fourth-order valence-electron chi connectivity index (χ4n) is 3.28. The van der Waals surface area contributed by atoms with Gasteiger partial charge in [-0.3, -0.25) is 22.5 Å². The van der Waals surface area contributed by atoms with Crippen molar-refractivity contribution < 1.29 is 42.5 Å². The van der Waals surface area contributed by atoms with Gasteiger partial charge in [-0.1, -0.05) is 47.5 Å². The van der Waals surface area contributed by atoms with E-state index in [1.807, 2.05) is 6.07 Å². The van der Waals surface area contributed by atoms with Gasteiger partial charge in [0.05, 0.1) is 12.6 Å². The number of benzene rings is 2. The first-order valence-electron chi connectivity index (χ1n) is 12.0. The van der Waals surface area contributed by atoms with Crippen LogP contribution in [-0.2, 0) is 27.2 Å². The standard InChI is InChI=1S/2C11H6F2N.C8H6N6.Ir/c2*12-8-4-5-9(10(13)7-8)11-3-1-2-6-14-11;1-14-12-8(11-13-14)7-3-2-6(4-9)5-10-7;/h2*1-4,6-7H;2-3,5H,1H3;/q2*-1;;+3. The molecule has 2 aromatic carbocycles. The summed E-state index contributed by atoms with van der Waals surface area (Å²) in [6.45, 7) is 0. The molecule has 8 nitrogen and oxygen atoms in total. The minimum absolute atomic E-state index is 0. The number of tetrazole rings is 1. The van der Waals surface area contributed by atoms with Crippen molar-refractivity contribution in [2.24, 2.45) is 7.05 Å². The molecule has 6 aromatic rings. The van der Waals surface area contributed by atoms with Crippen LogP contribution in [0.2, 0.25) is 0 Å². The summed E-state index contributed by atoms with van der Waals surface area (Å²) in [7, 11) is 1.68. The topological polar surface area (TPSA) is 106 Å². The van der Waals surface area contributed by atoms with Crippen LogP contribution in [-0.4, -0.2) is 25.3 Å². The molecule has 0 N–H and O–H groups in total. The SMILES string of the molecule is C[n+]1n[n-]c(-c2ccc(C#N)cn2)n1.Fc1c[c-]c(-c2ccccn2)c(F)c1.Fc1c[c-]c(-c2ccccn2)c(F)c1.[Ir+3]. The number of aryl methyl sites for hydroxylation is 1. The molecule has 0 bridgehead atoms. The van der Waals surface area contributed by atoms with Gasteiger partial charge < -0.3 is 9.97 Å². The molecule has 0 aliphatic heterocycles. The molecule has 0 atom stereocenters. The molecule has 0 aliphatic carbocycles. The van der Waals surface area contributed by atoms with Crippen molar-refractivity contribution in [1.82, 2.24) is 30.4 Å². The van der Waals surface area contributed by atoms with Crippen molar-refractivity contribution in [3.05, 3.63) is 132 Å². The molecule has 0 amide bonds. The number of aromatic nitrogens is 7. The maximum atomic E-state index is 13.2. The average molecular weight is 759 g/mol. The third-order valence-corrected chi connectivity index (χ3v) is 5.19. The molecule has 0 radical (unpaired) electrons. The Hall–Kier alpha value is -5.18. The number of pyridine rings is 3. The molecule has 43 heavy (non-hydrogen) atoms. The van der Waals surface area contributed by atoms with E-state index in [0.29, 0.717) is 28.5 Å². The number of nitrogens with zero attached hydrogens (tertiary/aromatic N) is 8. The van der Waals surface area contributed by atoms with Crippen molar-refractivity contribution in [2.75, 3.05) is 0 Å². The number of nitriles is 1. The van der Waals surface area contributed by atoms with Crippen LogP contribution in [0.4, 0.5) is 17.6 Å². The second-order valence-corrected chi connectivity index (χ2v) is 8.16. The van der Waals surface area contributed by atoms with Gasteiger partial charge in [-0.25, -0.2) is 0 Å². The van der Waals surface area contributed by atoms with Gasteiger partial charge in [0, 0.05) is 41.9 Å². The van der Waals surface area contributed by atoms with Crippen LogP contribution in [0.25, 0.3) is 34.0 Å². The Morgan fingerprint density at radius 1 is 0.767 bits per heavy atom. The van der Waals surface area contributed by atoms with E-state index in [4.69, 9.17) is 5.26 Å². The largest absolute Gasteiger partial charge is 3.00 e. The van der Waals surface area contributed by atoms with Crippen molar-refractivity contribution in [3.63, 3.8) is 0 Å². The van der Waals surface area contributed by atoms with Gasteiger partial charge in [0.15, 0.2) is 0 Å². The molecule has 0 aliphatic rings. The van der Waals surface area contributed by atoms with Crippen LogP contribution in [0.5, 0.6) is 0 Å². The van der Waals surface area contributed by atoms with Gasteiger partial charge in [-0.2, -0.15) is 10.1 Å². The molecule has 4 aromatic heterocycles. The molecule has 13 heteroatoms. The first-order chi connectivity index (χ1) is 20.3. The minimum atomic E-state index is -0.649. The Kier molecular flexibility index (Phi) is 11.8. The summed E-state index contributed by atoms with van der Waals surface area (Å²) in [5.74, 6) is -2.12. The second kappa shape index (κ2) is 15.7. The normalized spacial score (nSPS) is 9.77. The van der Waals surface area contributed by atoms with Crippen LogP contribution >= 0.6 is 0 Å². The Morgan fingerprint density at radius 3 is 1.70 bits per heavy atom. The number of halogens is 4. The summed E-state index contributed by atoms with van der Waals surface area (Å²) in [5, 5.41) is 20.0. The molecule has 214 valence electrons. The first-order valence-corrected chi connectivity index (χ1v) is 12.0. The molecule has 4 heterocycles. The second-order valence-electron chi connectivity index (χ2n) is 8.16. The fraction of sp³-hybridized carbons (Fsp3) is 0.0333.